The van der Waals surface area contributed by atoms with E-state index in [9.17, 15) is 9.59 Å². The van der Waals surface area contributed by atoms with Gasteiger partial charge < -0.3 is 30.7 Å². The third-order valence-corrected chi connectivity index (χ3v) is 4.54. The summed E-state index contributed by atoms with van der Waals surface area (Å²) in [5.74, 6) is 0.848. The lowest BCUT2D eigenvalue weighted by Gasteiger charge is -2.29. The fraction of sp³-hybridized carbons (Fsp3) is 0.895. The van der Waals surface area contributed by atoms with E-state index in [0.29, 0.717) is 51.2 Å². The highest BCUT2D eigenvalue weighted by atomic mass is 16.6. The van der Waals surface area contributed by atoms with Gasteiger partial charge in [0.1, 0.15) is 13.2 Å². The third-order valence-electron chi connectivity index (χ3n) is 4.54. The zero-order chi connectivity index (χ0) is 20.1. The van der Waals surface area contributed by atoms with E-state index in [-0.39, 0.29) is 17.7 Å². The first-order chi connectivity index (χ1) is 12.8. The Balaban J connectivity index is 2.14. The second kappa shape index (κ2) is 12.8. The second-order valence-corrected chi connectivity index (χ2v) is 8.21. The summed E-state index contributed by atoms with van der Waals surface area (Å²) in [6, 6.07) is 0. The molecule has 0 aliphatic heterocycles. The maximum atomic E-state index is 11.8. The average molecular weight is 387 g/mol. The molecule has 4 N–H and O–H groups in total. The summed E-state index contributed by atoms with van der Waals surface area (Å²) in [6.45, 7) is 9.47. The van der Waals surface area contributed by atoms with Crippen LogP contribution >= 0.6 is 0 Å². The van der Waals surface area contributed by atoms with Gasteiger partial charge in [-0.15, -0.1) is 0 Å². The van der Waals surface area contributed by atoms with Gasteiger partial charge in [0.25, 0.3) is 0 Å². The molecule has 8 nitrogen and oxygen atoms in total. The van der Waals surface area contributed by atoms with Crippen molar-refractivity contribution in [3.63, 3.8) is 0 Å². The first-order valence-electron chi connectivity index (χ1n) is 10.0. The highest BCUT2D eigenvalue weighted by molar-refractivity contribution is 5.67. The minimum absolute atomic E-state index is 0.0181. The number of likely N-dealkylation sites (N-methyl/N-ethyl adjacent to an activating group) is 1. The van der Waals surface area contributed by atoms with Gasteiger partial charge >= 0.3 is 12.2 Å². The normalized spacial score (nSPS) is 20.0. The van der Waals surface area contributed by atoms with Crippen LogP contribution in [-0.4, -0.2) is 64.2 Å². The summed E-state index contributed by atoms with van der Waals surface area (Å²) in [7, 11) is 1.82. The summed E-state index contributed by atoms with van der Waals surface area (Å²) in [4.78, 5) is 23.4. The van der Waals surface area contributed by atoms with Gasteiger partial charge in [0, 0.05) is 31.7 Å². The van der Waals surface area contributed by atoms with E-state index in [4.69, 9.17) is 9.47 Å². The molecule has 1 aliphatic carbocycles. The van der Waals surface area contributed by atoms with Gasteiger partial charge in [0.05, 0.1) is 0 Å². The Morgan fingerprint density at radius 1 is 0.926 bits per heavy atom. The lowest BCUT2D eigenvalue weighted by Crippen LogP contribution is -2.39. The SMILES string of the molecule is CNCCOC(=O)NCC1CCCC(CNC(=O)OCCNC(C)(C)C)C1. The highest BCUT2D eigenvalue weighted by Gasteiger charge is 2.23. The monoisotopic (exact) mass is 386 g/mol. The smallest absolute Gasteiger partial charge is 0.407 e. The van der Waals surface area contributed by atoms with Gasteiger partial charge in [0.15, 0.2) is 0 Å². The summed E-state index contributed by atoms with van der Waals surface area (Å²) in [5.41, 5.74) is 0.0181. The number of carbonyl (C=O) groups excluding carboxylic acids is 2. The van der Waals surface area contributed by atoms with E-state index >= 15 is 0 Å². The number of nitrogens with one attached hydrogen (secondary N) is 4. The van der Waals surface area contributed by atoms with Crippen LogP contribution in [0.2, 0.25) is 0 Å². The van der Waals surface area contributed by atoms with E-state index < -0.39 is 0 Å². The summed E-state index contributed by atoms with van der Waals surface area (Å²) in [6.07, 6.45) is 3.56. The lowest BCUT2D eigenvalue weighted by atomic mass is 9.81. The maximum absolute atomic E-state index is 11.8. The number of hydrogen-bond acceptors (Lipinski definition) is 6. The molecule has 2 unspecified atom stereocenters. The molecule has 2 amide bonds. The van der Waals surface area contributed by atoms with E-state index in [1.807, 2.05) is 7.05 Å². The van der Waals surface area contributed by atoms with Crippen LogP contribution in [0.3, 0.4) is 0 Å². The van der Waals surface area contributed by atoms with Crippen LogP contribution in [0.4, 0.5) is 9.59 Å². The molecular formula is C19H38N4O4. The molecule has 158 valence electrons. The Kier molecular flexibility index (Phi) is 11.1. The molecule has 1 rings (SSSR count). The summed E-state index contributed by atoms with van der Waals surface area (Å²) < 4.78 is 10.2. The van der Waals surface area contributed by atoms with Gasteiger partial charge in [-0.1, -0.05) is 6.42 Å². The topological polar surface area (TPSA) is 101 Å². The first-order valence-corrected chi connectivity index (χ1v) is 10.0. The lowest BCUT2D eigenvalue weighted by molar-refractivity contribution is 0.138. The maximum Gasteiger partial charge on any atom is 0.407 e. The van der Waals surface area contributed by atoms with Crippen molar-refractivity contribution in [2.24, 2.45) is 11.8 Å². The van der Waals surface area contributed by atoms with Crippen LogP contribution in [0, 0.1) is 11.8 Å². The van der Waals surface area contributed by atoms with Crippen LogP contribution in [0.1, 0.15) is 46.5 Å². The van der Waals surface area contributed by atoms with Crippen molar-refractivity contribution in [1.82, 2.24) is 21.3 Å². The summed E-state index contributed by atoms with van der Waals surface area (Å²) >= 11 is 0. The minimum Gasteiger partial charge on any atom is -0.448 e. The van der Waals surface area contributed by atoms with Crippen molar-refractivity contribution in [2.45, 2.75) is 52.0 Å². The number of amides is 2. The van der Waals surface area contributed by atoms with Crippen molar-refractivity contribution >= 4 is 12.2 Å². The molecule has 2 atom stereocenters. The highest BCUT2D eigenvalue weighted by Crippen LogP contribution is 2.28. The third kappa shape index (κ3) is 12.5. The van der Waals surface area contributed by atoms with Crippen LogP contribution in [0.25, 0.3) is 0 Å². The molecule has 0 heterocycles. The predicted octanol–water partition coefficient (Wildman–Crippen LogP) is 1.85. The number of rotatable bonds is 10. The van der Waals surface area contributed by atoms with E-state index in [0.717, 1.165) is 25.7 Å². The molecule has 1 saturated carbocycles. The van der Waals surface area contributed by atoms with Gasteiger partial charge in [-0.25, -0.2) is 9.59 Å². The standard InChI is InChI=1S/C19H38N4O4/c1-19(2,3)23-9-11-27-18(25)22-14-16-7-5-6-15(12-16)13-21-17(24)26-10-8-20-4/h15-16,20,23H,5-14H2,1-4H3,(H,21,24)(H,22,25). The molecule has 0 aromatic heterocycles. The molecule has 0 aromatic carbocycles. The quantitative estimate of drug-likeness (QED) is 0.428. The average Bonchev–Trinajstić information content (AvgIpc) is 2.62. The zero-order valence-corrected chi connectivity index (χ0v) is 17.4. The molecule has 1 aliphatic rings. The molecular weight excluding hydrogens is 348 g/mol. The van der Waals surface area contributed by atoms with Crippen molar-refractivity contribution in [3.05, 3.63) is 0 Å². The van der Waals surface area contributed by atoms with Crippen molar-refractivity contribution in [1.29, 1.82) is 0 Å². The fourth-order valence-electron chi connectivity index (χ4n) is 3.15. The van der Waals surface area contributed by atoms with E-state index in [2.05, 4.69) is 42.0 Å². The summed E-state index contributed by atoms with van der Waals surface area (Å²) in [5, 5.41) is 11.9. The molecule has 1 fully saturated rings. The molecule has 8 heteroatoms. The van der Waals surface area contributed by atoms with Crippen LogP contribution < -0.4 is 21.3 Å². The molecule has 0 radical (unpaired) electrons. The van der Waals surface area contributed by atoms with Gasteiger partial charge in [-0.3, -0.25) is 0 Å². The molecule has 27 heavy (non-hydrogen) atoms. The number of carbonyl (C=O) groups is 2. The number of hydrogen-bond donors (Lipinski definition) is 4. The second-order valence-electron chi connectivity index (χ2n) is 8.21. The number of alkyl carbamates (subject to hydrolysis) is 2. The fourth-order valence-corrected chi connectivity index (χ4v) is 3.15. The minimum atomic E-state index is -0.363. The van der Waals surface area contributed by atoms with Crippen LogP contribution in [0.15, 0.2) is 0 Å². The van der Waals surface area contributed by atoms with Crippen LogP contribution in [0.5, 0.6) is 0 Å². The molecule has 0 aromatic rings. The Labute approximate surface area is 163 Å². The van der Waals surface area contributed by atoms with E-state index in [1.165, 1.54) is 0 Å². The Morgan fingerprint density at radius 2 is 1.44 bits per heavy atom. The Morgan fingerprint density at radius 3 is 1.93 bits per heavy atom. The molecule has 0 spiro atoms. The van der Waals surface area contributed by atoms with Gasteiger partial charge in [0.2, 0.25) is 0 Å². The zero-order valence-electron chi connectivity index (χ0n) is 17.4. The van der Waals surface area contributed by atoms with Crippen molar-refractivity contribution in [2.75, 3.05) is 46.4 Å². The Hall–Kier alpha value is -1.54. The Bertz CT molecular complexity index is 440. The van der Waals surface area contributed by atoms with E-state index in [1.54, 1.807) is 0 Å². The molecule has 0 bridgehead atoms. The van der Waals surface area contributed by atoms with Crippen molar-refractivity contribution in [3.8, 4) is 0 Å². The van der Waals surface area contributed by atoms with Gasteiger partial charge in [-0.2, -0.15) is 0 Å². The molecule has 0 saturated heterocycles. The first kappa shape index (κ1) is 23.5. The largest absolute Gasteiger partial charge is 0.448 e. The number of ether oxygens (including phenoxy) is 2. The van der Waals surface area contributed by atoms with Crippen LogP contribution in [-0.2, 0) is 9.47 Å². The van der Waals surface area contributed by atoms with Gasteiger partial charge in [-0.05, 0) is 58.9 Å². The van der Waals surface area contributed by atoms with Crippen molar-refractivity contribution < 1.29 is 19.1 Å². The predicted molar refractivity (Wildman–Crippen MR) is 106 cm³/mol.